The number of thiazole rings is 1. The second-order valence-corrected chi connectivity index (χ2v) is 6.16. The van der Waals surface area contributed by atoms with Crippen molar-refractivity contribution < 1.29 is 4.74 Å². The molecule has 4 heterocycles. The zero-order valence-electron chi connectivity index (χ0n) is 11.9. The average Bonchev–Trinajstić information content (AvgIpc) is 3.15. The van der Waals surface area contributed by atoms with Gasteiger partial charge in [-0.25, -0.2) is 4.98 Å². The summed E-state index contributed by atoms with van der Waals surface area (Å²) in [6.45, 7) is 7.32. The fourth-order valence-corrected chi connectivity index (χ4v) is 3.65. The van der Waals surface area contributed by atoms with Crippen LogP contribution >= 0.6 is 11.3 Å². The number of nitrogens with one attached hydrogen (secondary N) is 1. The topological polar surface area (TPSA) is 68.1 Å². The molecule has 0 spiro atoms. The molecule has 1 unspecified atom stereocenters. The highest BCUT2D eigenvalue weighted by Gasteiger charge is 2.24. The van der Waals surface area contributed by atoms with E-state index in [2.05, 4.69) is 37.3 Å². The highest BCUT2D eigenvalue weighted by Crippen LogP contribution is 2.29. The lowest BCUT2D eigenvalue weighted by Crippen LogP contribution is -2.36. The molecule has 2 aliphatic rings. The summed E-state index contributed by atoms with van der Waals surface area (Å²) < 4.78 is 7.57. The van der Waals surface area contributed by atoms with Crippen molar-refractivity contribution in [3.05, 3.63) is 11.2 Å². The summed E-state index contributed by atoms with van der Waals surface area (Å²) in [6, 6.07) is 0.248. The zero-order chi connectivity index (χ0) is 14.2. The van der Waals surface area contributed by atoms with Gasteiger partial charge in [0.15, 0.2) is 11.0 Å². The number of morpholine rings is 1. The highest BCUT2D eigenvalue weighted by molar-refractivity contribution is 7.14. The van der Waals surface area contributed by atoms with Crippen LogP contribution in [0.25, 0.3) is 11.5 Å². The van der Waals surface area contributed by atoms with E-state index in [0.717, 1.165) is 61.9 Å². The predicted octanol–water partition coefficient (Wildman–Crippen LogP) is 0.902. The molecule has 0 radical (unpaired) electrons. The van der Waals surface area contributed by atoms with Crippen molar-refractivity contribution in [3.63, 3.8) is 0 Å². The van der Waals surface area contributed by atoms with E-state index in [4.69, 9.17) is 9.72 Å². The molecule has 0 aliphatic carbocycles. The maximum atomic E-state index is 5.39. The summed E-state index contributed by atoms with van der Waals surface area (Å²) in [4.78, 5) is 7.03. The Labute approximate surface area is 127 Å². The Morgan fingerprint density at radius 2 is 2.14 bits per heavy atom. The van der Waals surface area contributed by atoms with Crippen LogP contribution in [0.15, 0.2) is 5.38 Å². The van der Waals surface area contributed by atoms with Crippen molar-refractivity contribution in [2.24, 2.45) is 0 Å². The molecule has 2 aliphatic heterocycles. The number of nitrogens with zero attached hydrogens (tertiary/aromatic N) is 5. The van der Waals surface area contributed by atoms with Gasteiger partial charge in [0.05, 0.1) is 19.3 Å². The number of rotatable bonds is 2. The molecule has 0 saturated carbocycles. The Bertz CT molecular complexity index is 632. The van der Waals surface area contributed by atoms with Gasteiger partial charge in [0.1, 0.15) is 11.5 Å². The summed E-state index contributed by atoms with van der Waals surface area (Å²) in [5.74, 6) is 1.88. The number of anilines is 1. The molecule has 0 amide bonds. The third kappa shape index (κ3) is 2.33. The van der Waals surface area contributed by atoms with Crippen molar-refractivity contribution in [2.75, 3.05) is 37.7 Å². The molecule has 8 heteroatoms. The van der Waals surface area contributed by atoms with Gasteiger partial charge in [-0.2, -0.15) is 0 Å². The van der Waals surface area contributed by atoms with Crippen molar-refractivity contribution in [1.29, 1.82) is 0 Å². The fourth-order valence-electron chi connectivity index (χ4n) is 2.80. The lowest BCUT2D eigenvalue weighted by molar-refractivity contribution is 0.122. The average molecular weight is 306 g/mol. The Hall–Kier alpha value is -1.51. The van der Waals surface area contributed by atoms with Gasteiger partial charge in [0.25, 0.3) is 0 Å². The van der Waals surface area contributed by atoms with E-state index in [0.29, 0.717) is 0 Å². The predicted molar refractivity (Wildman–Crippen MR) is 80.6 cm³/mol. The van der Waals surface area contributed by atoms with Gasteiger partial charge in [0, 0.05) is 31.6 Å². The van der Waals surface area contributed by atoms with Gasteiger partial charge >= 0.3 is 0 Å². The molecule has 21 heavy (non-hydrogen) atoms. The van der Waals surface area contributed by atoms with E-state index in [1.165, 1.54) is 0 Å². The molecule has 0 aromatic carbocycles. The molecule has 1 N–H and O–H groups in total. The lowest BCUT2D eigenvalue weighted by atomic mass is 10.2. The Morgan fingerprint density at radius 1 is 1.29 bits per heavy atom. The number of hydrogen-bond donors (Lipinski definition) is 1. The molecule has 1 saturated heterocycles. The molecule has 2 aromatic heterocycles. The molecule has 1 fully saturated rings. The van der Waals surface area contributed by atoms with Crippen molar-refractivity contribution in [2.45, 2.75) is 19.5 Å². The molecular weight excluding hydrogens is 288 g/mol. The van der Waals surface area contributed by atoms with E-state index in [1.54, 1.807) is 11.3 Å². The van der Waals surface area contributed by atoms with Crippen LogP contribution in [0.4, 0.5) is 5.13 Å². The van der Waals surface area contributed by atoms with Crippen LogP contribution < -0.4 is 10.2 Å². The molecular formula is C13H18N6OS. The third-order valence-corrected chi connectivity index (χ3v) is 4.86. The van der Waals surface area contributed by atoms with Crippen LogP contribution in [-0.2, 0) is 11.3 Å². The van der Waals surface area contributed by atoms with Crippen LogP contribution in [0.2, 0.25) is 0 Å². The van der Waals surface area contributed by atoms with Crippen LogP contribution in [0.5, 0.6) is 0 Å². The third-order valence-electron chi connectivity index (χ3n) is 3.96. The number of aromatic nitrogens is 4. The monoisotopic (exact) mass is 306 g/mol. The summed E-state index contributed by atoms with van der Waals surface area (Å²) in [5.41, 5.74) is 0.925. The van der Waals surface area contributed by atoms with E-state index in [-0.39, 0.29) is 6.04 Å². The zero-order valence-corrected chi connectivity index (χ0v) is 12.8. The molecule has 1 atom stereocenters. The van der Waals surface area contributed by atoms with E-state index >= 15 is 0 Å². The normalized spacial score (nSPS) is 22.3. The van der Waals surface area contributed by atoms with Crippen LogP contribution in [0.3, 0.4) is 0 Å². The quantitative estimate of drug-likeness (QED) is 0.889. The summed E-state index contributed by atoms with van der Waals surface area (Å²) in [5, 5.41) is 15.2. The van der Waals surface area contributed by atoms with Crippen molar-refractivity contribution >= 4 is 16.5 Å². The van der Waals surface area contributed by atoms with Crippen LogP contribution in [0.1, 0.15) is 18.8 Å². The Morgan fingerprint density at radius 3 is 3.00 bits per heavy atom. The molecule has 4 rings (SSSR count). The minimum atomic E-state index is 0.248. The molecule has 112 valence electrons. The number of ether oxygens (including phenoxy) is 1. The first kappa shape index (κ1) is 13.2. The maximum Gasteiger partial charge on any atom is 0.186 e. The SMILES string of the molecule is CC1NCCn2c(-c3csc(N4CCOCC4)n3)nnc21. The number of hydrogen-bond acceptors (Lipinski definition) is 7. The van der Waals surface area contributed by atoms with Crippen molar-refractivity contribution in [3.8, 4) is 11.5 Å². The molecule has 0 bridgehead atoms. The highest BCUT2D eigenvalue weighted by atomic mass is 32.1. The van der Waals surface area contributed by atoms with Gasteiger partial charge in [-0.3, -0.25) is 0 Å². The molecule has 2 aromatic rings. The lowest BCUT2D eigenvalue weighted by Gasteiger charge is -2.26. The second kappa shape index (κ2) is 5.36. The van der Waals surface area contributed by atoms with E-state index in [1.807, 2.05) is 0 Å². The summed E-state index contributed by atoms with van der Waals surface area (Å²) >= 11 is 1.67. The first-order chi connectivity index (χ1) is 10.3. The van der Waals surface area contributed by atoms with Crippen LogP contribution in [0, 0.1) is 0 Å². The first-order valence-corrected chi connectivity index (χ1v) is 8.16. The minimum absolute atomic E-state index is 0.248. The Kier molecular flexibility index (Phi) is 3.36. The Balaban J connectivity index is 1.64. The standard InChI is InChI=1S/C13H18N6OS/c1-9-11-16-17-12(19(11)3-2-14-9)10-8-21-13(15-10)18-4-6-20-7-5-18/h8-9,14H,2-7H2,1H3. The maximum absolute atomic E-state index is 5.39. The van der Waals surface area contributed by atoms with Gasteiger partial charge < -0.3 is 19.5 Å². The number of fused-ring (bicyclic) bond motifs is 1. The van der Waals surface area contributed by atoms with Gasteiger partial charge in [-0.05, 0) is 6.92 Å². The van der Waals surface area contributed by atoms with E-state index in [9.17, 15) is 0 Å². The second-order valence-electron chi connectivity index (χ2n) is 5.32. The van der Waals surface area contributed by atoms with Gasteiger partial charge in [0.2, 0.25) is 0 Å². The van der Waals surface area contributed by atoms with Gasteiger partial charge in [-0.1, -0.05) is 0 Å². The van der Waals surface area contributed by atoms with Crippen molar-refractivity contribution in [1.82, 2.24) is 25.1 Å². The molecule has 7 nitrogen and oxygen atoms in total. The summed E-state index contributed by atoms with van der Waals surface area (Å²) in [7, 11) is 0. The first-order valence-electron chi connectivity index (χ1n) is 7.28. The van der Waals surface area contributed by atoms with Gasteiger partial charge in [-0.15, -0.1) is 21.5 Å². The largest absolute Gasteiger partial charge is 0.378 e. The summed E-state index contributed by atoms with van der Waals surface area (Å²) in [6.07, 6.45) is 0. The van der Waals surface area contributed by atoms with E-state index < -0.39 is 0 Å². The minimum Gasteiger partial charge on any atom is -0.378 e. The van der Waals surface area contributed by atoms with Crippen LogP contribution in [-0.4, -0.2) is 52.6 Å². The smallest absolute Gasteiger partial charge is 0.186 e. The fraction of sp³-hybridized carbons (Fsp3) is 0.615.